The minimum atomic E-state index is -1.66. The van der Waals surface area contributed by atoms with Crippen LogP contribution in [-0.4, -0.2) is 58.9 Å². The number of likely N-dealkylation sites (N-methyl/N-ethyl adjacent to an activating group) is 1. The van der Waals surface area contributed by atoms with Crippen molar-refractivity contribution in [1.29, 1.82) is 0 Å². The third-order valence-corrected chi connectivity index (χ3v) is 3.47. The van der Waals surface area contributed by atoms with Crippen LogP contribution in [0.15, 0.2) is 35.4 Å². The van der Waals surface area contributed by atoms with E-state index in [0.29, 0.717) is 5.69 Å². The van der Waals surface area contributed by atoms with E-state index < -0.39 is 36.6 Å². The molecular weight excluding hydrogens is 292 g/mol. The maximum absolute atomic E-state index is 12.4. The van der Waals surface area contributed by atoms with Crippen molar-refractivity contribution < 1.29 is 24.9 Å². The lowest BCUT2D eigenvalue weighted by atomic mass is 9.97. The number of anilines is 1. The van der Waals surface area contributed by atoms with Crippen LogP contribution >= 0.6 is 0 Å². The molecule has 1 aliphatic heterocycles. The maximum Gasteiger partial charge on any atom is 0.258 e. The number of ether oxygens (including phenoxy) is 1. The number of nitrogens with zero attached hydrogens (tertiary/aromatic N) is 4. The Balaban J connectivity index is 2.22. The number of para-hydroxylation sites is 1. The molecule has 1 heterocycles. The Hall–Kier alpha value is -2.16. The molecule has 22 heavy (non-hydrogen) atoms. The number of aliphatic hydroxyl groups excluding tert-OH is 3. The molecule has 0 radical (unpaired) electrons. The van der Waals surface area contributed by atoms with Crippen molar-refractivity contribution in [2.45, 2.75) is 30.6 Å². The van der Waals surface area contributed by atoms with E-state index >= 15 is 0 Å². The summed E-state index contributed by atoms with van der Waals surface area (Å²) in [6.07, 6.45) is -7.83. The Morgan fingerprint density at radius 3 is 2.45 bits per heavy atom. The van der Waals surface area contributed by atoms with Crippen molar-refractivity contribution in [2.75, 3.05) is 11.9 Å². The fourth-order valence-electron chi connectivity index (χ4n) is 2.18. The van der Waals surface area contributed by atoms with Crippen LogP contribution in [0.3, 0.4) is 0 Å². The first kappa shape index (κ1) is 16.2. The van der Waals surface area contributed by atoms with E-state index in [9.17, 15) is 20.1 Å². The first-order chi connectivity index (χ1) is 10.5. The smallest absolute Gasteiger partial charge is 0.258 e. The van der Waals surface area contributed by atoms with Crippen LogP contribution in [0, 0.1) is 0 Å². The van der Waals surface area contributed by atoms with Crippen LogP contribution in [-0.2, 0) is 9.53 Å². The first-order valence-electron chi connectivity index (χ1n) is 6.54. The Labute approximate surface area is 126 Å². The van der Waals surface area contributed by atoms with Gasteiger partial charge in [-0.3, -0.25) is 4.79 Å². The third-order valence-electron chi connectivity index (χ3n) is 3.47. The topological polar surface area (TPSA) is 139 Å². The second-order valence-corrected chi connectivity index (χ2v) is 4.86. The molecule has 1 aromatic rings. The monoisotopic (exact) mass is 308 g/mol. The van der Waals surface area contributed by atoms with Crippen molar-refractivity contribution in [3.05, 3.63) is 40.8 Å². The highest BCUT2D eigenvalue weighted by atomic mass is 16.6. The zero-order valence-electron chi connectivity index (χ0n) is 11.7. The van der Waals surface area contributed by atoms with Crippen LogP contribution in [0.1, 0.15) is 0 Å². The molecule has 1 aliphatic rings. The SMILES string of the molecule is CN(C(=O)[C@H]1O[C@H](N=[N+]=[N-])[C@H](O)[C@@H](O)[C@@H]1O)c1ccccc1. The van der Waals surface area contributed by atoms with E-state index in [-0.39, 0.29) is 0 Å². The molecule has 0 unspecified atom stereocenters. The summed E-state index contributed by atoms with van der Waals surface area (Å²) in [6, 6.07) is 8.62. The number of benzene rings is 1. The average Bonchev–Trinajstić information content (AvgIpc) is 2.55. The number of carbonyl (C=O) groups excluding carboxylic acids is 1. The molecule has 0 spiro atoms. The molecule has 9 heteroatoms. The quantitative estimate of drug-likeness (QED) is 0.402. The Bertz CT molecular complexity index is 577. The van der Waals surface area contributed by atoms with E-state index in [1.807, 2.05) is 0 Å². The summed E-state index contributed by atoms with van der Waals surface area (Å²) in [5.41, 5.74) is 8.99. The van der Waals surface area contributed by atoms with Crippen molar-refractivity contribution in [2.24, 2.45) is 5.11 Å². The second-order valence-electron chi connectivity index (χ2n) is 4.86. The minimum Gasteiger partial charge on any atom is -0.387 e. The van der Waals surface area contributed by atoms with Gasteiger partial charge in [0.2, 0.25) is 0 Å². The van der Waals surface area contributed by atoms with Crippen LogP contribution in [0.25, 0.3) is 10.4 Å². The molecule has 5 atom stereocenters. The average molecular weight is 308 g/mol. The van der Waals surface area contributed by atoms with Gasteiger partial charge in [-0.2, -0.15) is 0 Å². The summed E-state index contributed by atoms with van der Waals surface area (Å²) in [5, 5.41) is 32.6. The molecule has 3 N–H and O–H groups in total. The summed E-state index contributed by atoms with van der Waals surface area (Å²) >= 11 is 0. The minimum absolute atomic E-state index is 0.559. The predicted octanol–water partition coefficient (Wildman–Crippen LogP) is -0.233. The van der Waals surface area contributed by atoms with Gasteiger partial charge in [-0.05, 0) is 17.7 Å². The Kier molecular flexibility index (Phi) is 4.96. The summed E-state index contributed by atoms with van der Waals surface area (Å²) < 4.78 is 5.15. The lowest BCUT2D eigenvalue weighted by Gasteiger charge is -2.39. The summed E-state index contributed by atoms with van der Waals surface area (Å²) in [6.45, 7) is 0. The zero-order valence-corrected chi connectivity index (χ0v) is 11.7. The van der Waals surface area contributed by atoms with E-state index in [2.05, 4.69) is 10.0 Å². The molecule has 1 aromatic carbocycles. The molecule has 1 amide bonds. The number of hydrogen-bond acceptors (Lipinski definition) is 6. The molecular formula is C13H16N4O5. The van der Waals surface area contributed by atoms with Gasteiger partial charge >= 0.3 is 0 Å². The van der Waals surface area contributed by atoms with Crippen molar-refractivity contribution in [3.63, 3.8) is 0 Å². The van der Waals surface area contributed by atoms with Gasteiger partial charge < -0.3 is 25.0 Å². The number of carbonyl (C=O) groups is 1. The fraction of sp³-hybridized carbons (Fsp3) is 0.462. The molecule has 2 rings (SSSR count). The number of amides is 1. The highest BCUT2D eigenvalue weighted by Crippen LogP contribution is 2.25. The van der Waals surface area contributed by atoms with Gasteiger partial charge in [-0.25, -0.2) is 0 Å². The van der Waals surface area contributed by atoms with Crippen LogP contribution in [0.5, 0.6) is 0 Å². The lowest BCUT2D eigenvalue weighted by molar-refractivity contribution is -0.217. The van der Waals surface area contributed by atoms with Crippen LogP contribution in [0.4, 0.5) is 5.69 Å². The first-order valence-corrected chi connectivity index (χ1v) is 6.54. The van der Waals surface area contributed by atoms with E-state index in [1.54, 1.807) is 30.3 Å². The highest BCUT2D eigenvalue weighted by Gasteiger charge is 2.47. The van der Waals surface area contributed by atoms with Gasteiger partial charge in [-0.15, -0.1) is 0 Å². The Morgan fingerprint density at radius 2 is 1.86 bits per heavy atom. The molecule has 118 valence electrons. The third kappa shape index (κ3) is 3.03. The van der Waals surface area contributed by atoms with Crippen molar-refractivity contribution in [3.8, 4) is 0 Å². The fourth-order valence-corrected chi connectivity index (χ4v) is 2.18. The second kappa shape index (κ2) is 6.73. The normalized spacial score (nSPS) is 31.2. The van der Waals surface area contributed by atoms with Gasteiger partial charge in [0, 0.05) is 17.6 Å². The molecule has 0 aromatic heterocycles. The zero-order chi connectivity index (χ0) is 16.3. The molecule has 0 aliphatic carbocycles. The molecule has 1 saturated heterocycles. The Morgan fingerprint density at radius 1 is 1.23 bits per heavy atom. The largest absolute Gasteiger partial charge is 0.387 e. The predicted molar refractivity (Wildman–Crippen MR) is 75.7 cm³/mol. The number of rotatable bonds is 3. The van der Waals surface area contributed by atoms with E-state index in [4.69, 9.17) is 10.3 Å². The standard InChI is InChI=1S/C13H16N4O5/c1-17(7-5-3-2-4-6-7)13(21)11-9(19)8(18)10(20)12(22-11)15-16-14/h2-6,8-12,18-20H,1H3/t8-,9-,10+,11-,12-/m0/s1. The van der Waals surface area contributed by atoms with E-state index in [0.717, 1.165) is 0 Å². The summed E-state index contributed by atoms with van der Waals surface area (Å²) in [5.74, 6) is -0.636. The number of hydrogen-bond donors (Lipinski definition) is 3. The number of aliphatic hydroxyl groups is 3. The van der Waals surface area contributed by atoms with Gasteiger partial charge in [0.1, 0.15) is 18.3 Å². The van der Waals surface area contributed by atoms with Gasteiger partial charge in [-0.1, -0.05) is 23.3 Å². The maximum atomic E-state index is 12.4. The molecule has 1 fully saturated rings. The van der Waals surface area contributed by atoms with Crippen molar-refractivity contribution in [1.82, 2.24) is 0 Å². The number of azide groups is 1. The molecule has 0 bridgehead atoms. The highest BCUT2D eigenvalue weighted by molar-refractivity contribution is 5.96. The lowest BCUT2D eigenvalue weighted by Crippen LogP contribution is -2.61. The van der Waals surface area contributed by atoms with Crippen molar-refractivity contribution >= 4 is 11.6 Å². The van der Waals surface area contributed by atoms with E-state index in [1.165, 1.54) is 11.9 Å². The van der Waals surface area contributed by atoms with Gasteiger partial charge in [0.25, 0.3) is 5.91 Å². The van der Waals surface area contributed by atoms with Gasteiger partial charge in [0.15, 0.2) is 12.3 Å². The summed E-state index contributed by atoms with van der Waals surface area (Å²) in [4.78, 5) is 16.2. The molecule has 0 saturated carbocycles. The van der Waals surface area contributed by atoms with Crippen LogP contribution in [0.2, 0.25) is 0 Å². The summed E-state index contributed by atoms with van der Waals surface area (Å²) in [7, 11) is 1.48. The van der Waals surface area contributed by atoms with Gasteiger partial charge in [0.05, 0.1) is 0 Å². The van der Waals surface area contributed by atoms with Crippen LogP contribution < -0.4 is 4.90 Å². The molecule has 9 nitrogen and oxygen atoms in total.